The number of carbonyl (C=O) groups excluding carboxylic acids is 1. The fraction of sp³-hybridized carbons (Fsp3) is 0.929. The molecule has 5 aliphatic carbocycles. The highest BCUT2D eigenvalue weighted by Crippen LogP contribution is 2.87. The molecule has 0 unspecified atom stereocenters. The monoisotopic (exact) mass is 248 g/mol. The molecule has 7 aliphatic rings. The van der Waals surface area contributed by atoms with Crippen molar-refractivity contribution in [1.29, 1.82) is 0 Å². The van der Waals surface area contributed by atoms with Gasteiger partial charge in [0.25, 0.3) is 0 Å². The largest absolute Gasteiger partial charge is 0.371 e. The number of fused-ring (bicyclic) bond motifs is 2. The molecule has 2 aliphatic heterocycles. The average Bonchev–Trinajstić information content (AvgIpc) is 2.80. The van der Waals surface area contributed by atoms with Crippen LogP contribution in [-0.2, 0) is 19.0 Å². The van der Waals surface area contributed by atoms with E-state index in [-0.39, 0.29) is 23.7 Å². The second-order valence-corrected chi connectivity index (χ2v) is 7.44. The molecule has 0 aromatic carbocycles. The third-order valence-electron chi connectivity index (χ3n) is 6.61. The van der Waals surface area contributed by atoms with Gasteiger partial charge in [-0.15, -0.1) is 0 Å². The van der Waals surface area contributed by atoms with Gasteiger partial charge in [-0.1, -0.05) is 0 Å². The van der Waals surface area contributed by atoms with Crippen LogP contribution in [0.1, 0.15) is 20.3 Å². The lowest BCUT2D eigenvalue weighted by Crippen LogP contribution is -2.56. The lowest BCUT2D eigenvalue weighted by Gasteiger charge is -2.39. The number of rotatable bonds is 0. The Hall–Kier alpha value is -0.450. The van der Waals surface area contributed by atoms with Crippen molar-refractivity contribution < 1.29 is 19.0 Å². The van der Waals surface area contributed by atoms with Crippen molar-refractivity contribution in [1.82, 2.24) is 0 Å². The molecule has 18 heavy (non-hydrogen) atoms. The minimum absolute atomic E-state index is 0.0385. The molecular formula is C14H16O4. The molecule has 0 amide bonds. The summed E-state index contributed by atoms with van der Waals surface area (Å²) in [7, 11) is 0. The average molecular weight is 248 g/mol. The highest BCUT2D eigenvalue weighted by molar-refractivity contribution is 5.96. The molecule has 0 aromatic heterocycles. The summed E-state index contributed by atoms with van der Waals surface area (Å²) in [4.78, 5) is 12.9. The first-order chi connectivity index (χ1) is 8.56. The van der Waals surface area contributed by atoms with E-state index >= 15 is 0 Å². The predicted molar refractivity (Wildman–Crippen MR) is 58.5 cm³/mol. The number of ketones is 1. The molecule has 7 rings (SSSR count). The Labute approximate surface area is 105 Å². The van der Waals surface area contributed by atoms with Gasteiger partial charge in [0.2, 0.25) is 0 Å². The van der Waals surface area contributed by atoms with E-state index in [1.807, 2.05) is 13.8 Å². The second-order valence-electron chi connectivity index (χ2n) is 7.44. The normalized spacial score (nSPS) is 71.8. The van der Waals surface area contributed by atoms with E-state index in [9.17, 15) is 4.79 Å². The lowest BCUT2D eigenvalue weighted by molar-refractivity contribution is -0.164. The quantitative estimate of drug-likeness (QED) is 0.634. The molecule has 4 nitrogen and oxygen atoms in total. The van der Waals surface area contributed by atoms with Crippen molar-refractivity contribution in [3.05, 3.63) is 0 Å². The number of Topliss-reactive ketones (excluding diaryl/α,β-unsaturated/α-hetero) is 1. The summed E-state index contributed by atoms with van der Waals surface area (Å²) in [5.74, 6) is 1.95. The van der Waals surface area contributed by atoms with Crippen molar-refractivity contribution >= 4 is 5.78 Å². The van der Waals surface area contributed by atoms with Crippen LogP contribution in [0.2, 0.25) is 0 Å². The first kappa shape index (κ1) is 9.45. The van der Waals surface area contributed by atoms with E-state index in [0.717, 1.165) is 0 Å². The topological polar surface area (TPSA) is 44.8 Å². The SMILES string of the molecule is CC1(C)O[C@H]2[C@@H]3O[C@H]4[C@@H]5C[C@@H]6[C@H]4[C@]6(C(=O)[C@H]2O1)[C@@H]53. The molecule has 2 saturated heterocycles. The van der Waals surface area contributed by atoms with Gasteiger partial charge in [0.1, 0.15) is 12.2 Å². The summed E-state index contributed by atoms with van der Waals surface area (Å²) in [6.07, 6.45) is 1.17. The zero-order valence-corrected chi connectivity index (χ0v) is 10.5. The third-order valence-corrected chi connectivity index (χ3v) is 6.61. The molecule has 9 atom stereocenters. The van der Waals surface area contributed by atoms with Gasteiger partial charge in [0.05, 0.1) is 12.2 Å². The zero-order chi connectivity index (χ0) is 12.0. The maximum Gasteiger partial charge on any atom is 0.171 e. The van der Waals surface area contributed by atoms with Gasteiger partial charge in [0, 0.05) is 17.3 Å². The van der Waals surface area contributed by atoms with E-state index in [4.69, 9.17) is 14.2 Å². The van der Waals surface area contributed by atoms with Crippen molar-refractivity contribution in [3.8, 4) is 0 Å². The fourth-order valence-electron chi connectivity index (χ4n) is 6.46. The molecule has 6 bridgehead atoms. The van der Waals surface area contributed by atoms with Gasteiger partial charge < -0.3 is 14.2 Å². The fourth-order valence-corrected chi connectivity index (χ4v) is 6.46. The molecule has 96 valence electrons. The Morgan fingerprint density at radius 3 is 2.72 bits per heavy atom. The van der Waals surface area contributed by atoms with Crippen LogP contribution in [0.3, 0.4) is 0 Å². The first-order valence-electron chi connectivity index (χ1n) is 7.11. The van der Waals surface area contributed by atoms with Crippen molar-refractivity contribution in [3.63, 3.8) is 0 Å². The minimum atomic E-state index is -0.637. The van der Waals surface area contributed by atoms with Gasteiger partial charge in [-0.05, 0) is 32.1 Å². The van der Waals surface area contributed by atoms with E-state index in [2.05, 4.69) is 0 Å². The summed E-state index contributed by atoms with van der Waals surface area (Å²) >= 11 is 0. The number of ether oxygens (including phenoxy) is 3. The number of carbonyl (C=O) groups is 1. The van der Waals surface area contributed by atoms with Gasteiger partial charge in [-0.25, -0.2) is 0 Å². The smallest absolute Gasteiger partial charge is 0.171 e. The van der Waals surface area contributed by atoms with Gasteiger partial charge in [-0.2, -0.15) is 0 Å². The summed E-state index contributed by atoms with van der Waals surface area (Å²) in [6.45, 7) is 3.80. The van der Waals surface area contributed by atoms with Crippen LogP contribution in [0.15, 0.2) is 0 Å². The highest BCUT2D eigenvalue weighted by atomic mass is 16.8. The van der Waals surface area contributed by atoms with Crippen LogP contribution in [0, 0.1) is 29.1 Å². The van der Waals surface area contributed by atoms with Crippen LogP contribution < -0.4 is 0 Å². The third kappa shape index (κ3) is 0.643. The molecule has 1 spiro atoms. The Morgan fingerprint density at radius 2 is 1.94 bits per heavy atom. The Kier molecular flexibility index (Phi) is 1.16. The van der Waals surface area contributed by atoms with E-state index in [1.54, 1.807) is 0 Å². The number of hydrogen-bond donors (Lipinski definition) is 0. The van der Waals surface area contributed by atoms with E-state index in [1.165, 1.54) is 6.42 Å². The molecule has 5 saturated carbocycles. The highest BCUT2D eigenvalue weighted by Gasteiger charge is 2.93. The van der Waals surface area contributed by atoms with E-state index < -0.39 is 5.79 Å². The standard InChI is InChI=1S/C14H16O4/c1-13(2)17-10-9-6-4-3-5-7(8(4)16-9)14(5,6)12(15)11(10)18-13/h4-11H,3H2,1-2H3/t4-,5-,6+,7-,8+,9-,10+,11+,14-/m1/s1. The van der Waals surface area contributed by atoms with Crippen molar-refractivity contribution in [2.75, 3.05) is 0 Å². The van der Waals surface area contributed by atoms with E-state index in [0.29, 0.717) is 35.6 Å². The molecule has 4 heteroatoms. The second kappa shape index (κ2) is 2.21. The Balaban J connectivity index is 1.55. The van der Waals surface area contributed by atoms with Gasteiger partial charge >= 0.3 is 0 Å². The number of hydrogen-bond acceptors (Lipinski definition) is 4. The molecular weight excluding hydrogens is 232 g/mol. The van der Waals surface area contributed by atoms with Crippen LogP contribution in [0.4, 0.5) is 0 Å². The molecule has 0 radical (unpaired) electrons. The summed E-state index contributed by atoms with van der Waals surface area (Å²) in [5.41, 5.74) is -0.0385. The molecule has 7 fully saturated rings. The maximum atomic E-state index is 12.9. The van der Waals surface area contributed by atoms with Crippen LogP contribution >= 0.6 is 0 Å². The van der Waals surface area contributed by atoms with Gasteiger partial charge in [0.15, 0.2) is 11.6 Å². The first-order valence-corrected chi connectivity index (χ1v) is 7.11. The summed E-state index contributed by atoms with van der Waals surface area (Å²) < 4.78 is 18.1. The van der Waals surface area contributed by atoms with Gasteiger partial charge in [-0.3, -0.25) is 4.79 Å². The summed E-state index contributed by atoms with van der Waals surface area (Å²) in [6, 6.07) is 0. The minimum Gasteiger partial charge on any atom is -0.371 e. The summed E-state index contributed by atoms with van der Waals surface area (Å²) in [5, 5.41) is 0. The Morgan fingerprint density at radius 1 is 1.11 bits per heavy atom. The zero-order valence-electron chi connectivity index (χ0n) is 10.5. The predicted octanol–water partition coefficient (Wildman–Crippen LogP) is 0.739. The van der Waals surface area contributed by atoms with Crippen LogP contribution in [0.5, 0.6) is 0 Å². The molecule has 2 heterocycles. The van der Waals surface area contributed by atoms with Crippen LogP contribution in [0.25, 0.3) is 0 Å². The van der Waals surface area contributed by atoms with Crippen molar-refractivity contribution in [2.24, 2.45) is 29.1 Å². The molecule has 0 aromatic rings. The maximum absolute atomic E-state index is 12.9. The van der Waals surface area contributed by atoms with Crippen LogP contribution in [-0.4, -0.2) is 36.0 Å². The Bertz CT molecular complexity index is 514. The van der Waals surface area contributed by atoms with Crippen molar-refractivity contribution in [2.45, 2.75) is 50.5 Å². The lowest BCUT2D eigenvalue weighted by atomic mass is 9.71. The molecule has 0 N–H and O–H groups in total.